The van der Waals surface area contributed by atoms with Gasteiger partial charge in [-0.05, 0) is 59.8 Å². The van der Waals surface area contributed by atoms with Crippen LogP contribution in [0, 0.1) is 0 Å². The number of carbonyl (C=O) groups is 1. The summed E-state index contributed by atoms with van der Waals surface area (Å²) >= 11 is 0. The number of amides is 2. The molecule has 0 unspecified atom stereocenters. The van der Waals surface area contributed by atoms with E-state index >= 15 is 0 Å². The van der Waals surface area contributed by atoms with Crippen molar-refractivity contribution in [1.29, 1.82) is 0 Å². The van der Waals surface area contributed by atoms with Crippen LogP contribution in [0.5, 0.6) is 11.5 Å². The van der Waals surface area contributed by atoms with Crippen molar-refractivity contribution in [2.75, 3.05) is 19.5 Å². The molecular weight excluding hydrogens is 348 g/mol. The molecule has 0 saturated carbocycles. The van der Waals surface area contributed by atoms with Crippen molar-refractivity contribution in [3.05, 3.63) is 54.4 Å². The lowest BCUT2D eigenvalue weighted by Crippen LogP contribution is -2.31. The van der Waals surface area contributed by atoms with Crippen molar-refractivity contribution in [3.8, 4) is 17.2 Å². The Morgan fingerprint density at radius 1 is 1.11 bits per heavy atom. The molecule has 0 spiro atoms. The first-order chi connectivity index (χ1) is 13.1. The van der Waals surface area contributed by atoms with Crippen molar-refractivity contribution in [1.82, 2.24) is 25.5 Å². The molecule has 0 aliphatic heterocycles. The summed E-state index contributed by atoms with van der Waals surface area (Å²) in [6.07, 6.45) is 1.50. The lowest BCUT2D eigenvalue weighted by atomic mass is 10.1. The fourth-order valence-electron chi connectivity index (χ4n) is 2.60. The number of nitrogens with zero attached hydrogens (tertiary/aromatic N) is 4. The maximum Gasteiger partial charge on any atom is 0.319 e. The molecule has 0 saturated heterocycles. The van der Waals surface area contributed by atoms with Crippen LogP contribution in [0.3, 0.4) is 0 Å². The summed E-state index contributed by atoms with van der Waals surface area (Å²) in [4.78, 5) is 12.3. The van der Waals surface area contributed by atoms with E-state index in [4.69, 9.17) is 9.47 Å². The normalized spacial score (nSPS) is 11.5. The molecule has 1 aromatic heterocycles. The molecule has 1 heterocycles. The molecule has 0 fully saturated rings. The number of urea groups is 1. The van der Waals surface area contributed by atoms with Gasteiger partial charge in [0.2, 0.25) is 0 Å². The molecule has 0 aliphatic carbocycles. The van der Waals surface area contributed by atoms with Gasteiger partial charge in [-0.1, -0.05) is 0 Å². The molecule has 140 valence electrons. The lowest BCUT2D eigenvalue weighted by molar-refractivity contribution is 0.249. The minimum Gasteiger partial charge on any atom is -0.497 e. The first kappa shape index (κ1) is 18.2. The molecule has 9 heteroatoms. The van der Waals surface area contributed by atoms with Gasteiger partial charge in [0.05, 0.1) is 25.9 Å². The number of ether oxygens (including phenoxy) is 2. The Morgan fingerprint density at radius 2 is 1.89 bits per heavy atom. The fourth-order valence-corrected chi connectivity index (χ4v) is 2.60. The second-order valence-electron chi connectivity index (χ2n) is 5.73. The Balaban J connectivity index is 1.65. The molecule has 0 bridgehead atoms. The van der Waals surface area contributed by atoms with Crippen LogP contribution in [0.1, 0.15) is 18.5 Å². The zero-order chi connectivity index (χ0) is 19.2. The van der Waals surface area contributed by atoms with Crippen LogP contribution < -0.4 is 20.1 Å². The van der Waals surface area contributed by atoms with Gasteiger partial charge in [-0.3, -0.25) is 0 Å². The van der Waals surface area contributed by atoms with E-state index in [0.29, 0.717) is 17.2 Å². The zero-order valence-electron chi connectivity index (χ0n) is 15.2. The summed E-state index contributed by atoms with van der Waals surface area (Å²) in [5.41, 5.74) is 2.26. The third-order valence-electron chi connectivity index (χ3n) is 3.99. The molecule has 2 N–H and O–H groups in total. The number of hydrogen-bond acceptors (Lipinski definition) is 6. The largest absolute Gasteiger partial charge is 0.497 e. The van der Waals surface area contributed by atoms with Crippen molar-refractivity contribution in [2.45, 2.75) is 13.0 Å². The minimum absolute atomic E-state index is 0.282. The van der Waals surface area contributed by atoms with E-state index < -0.39 is 0 Å². The Morgan fingerprint density at radius 3 is 2.52 bits per heavy atom. The summed E-state index contributed by atoms with van der Waals surface area (Å²) in [6, 6.07) is 12.0. The monoisotopic (exact) mass is 368 g/mol. The van der Waals surface area contributed by atoms with E-state index in [9.17, 15) is 4.79 Å². The summed E-state index contributed by atoms with van der Waals surface area (Å²) < 4.78 is 12.1. The van der Waals surface area contributed by atoms with Crippen LogP contribution >= 0.6 is 0 Å². The van der Waals surface area contributed by atoms with Crippen molar-refractivity contribution in [2.24, 2.45) is 0 Å². The van der Waals surface area contributed by atoms with Crippen LogP contribution in [0.4, 0.5) is 10.5 Å². The van der Waals surface area contributed by atoms with Gasteiger partial charge in [-0.25, -0.2) is 9.48 Å². The topological polar surface area (TPSA) is 103 Å². The number of hydrogen-bond donors (Lipinski definition) is 2. The summed E-state index contributed by atoms with van der Waals surface area (Å²) in [7, 11) is 3.18. The number of carbonyl (C=O) groups excluding carboxylic acids is 1. The maximum absolute atomic E-state index is 12.3. The first-order valence-electron chi connectivity index (χ1n) is 8.23. The van der Waals surface area contributed by atoms with E-state index in [-0.39, 0.29) is 12.1 Å². The average molecular weight is 368 g/mol. The summed E-state index contributed by atoms with van der Waals surface area (Å²) in [5, 5.41) is 16.7. The van der Waals surface area contributed by atoms with E-state index in [0.717, 1.165) is 11.3 Å². The molecule has 3 aromatic rings. The van der Waals surface area contributed by atoms with Gasteiger partial charge in [-0.2, -0.15) is 0 Å². The smallest absolute Gasteiger partial charge is 0.319 e. The van der Waals surface area contributed by atoms with Gasteiger partial charge in [0.15, 0.2) is 0 Å². The molecule has 9 nitrogen and oxygen atoms in total. The third kappa shape index (κ3) is 4.32. The Labute approximate surface area is 156 Å². The zero-order valence-corrected chi connectivity index (χ0v) is 15.2. The van der Waals surface area contributed by atoms with E-state index in [1.807, 2.05) is 19.1 Å². The predicted molar refractivity (Wildman–Crippen MR) is 99.3 cm³/mol. The van der Waals surface area contributed by atoms with Gasteiger partial charge in [0.25, 0.3) is 0 Å². The molecule has 2 aromatic carbocycles. The van der Waals surface area contributed by atoms with Crippen molar-refractivity contribution < 1.29 is 14.3 Å². The lowest BCUT2D eigenvalue weighted by Gasteiger charge is -2.18. The van der Waals surface area contributed by atoms with Gasteiger partial charge >= 0.3 is 6.03 Å². The minimum atomic E-state index is -0.331. The van der Waals surface area contributed by atoms with Crippen LogP contribution in [0.15, 0.2) is 48.8 Å². The molecule has 1 atom stereocenters. The van der Waals surface area contributed by atoms with Crippen molar-refractivity contribution >= 4 is 11.7 Å². The van der Waals surface area contributed by atoms with Gasteiger partial charge in [-0.15, -0.1) is 5.10 Å². The molecule has 3 rings (SSSR count). The highest BCUT2D eigenvalue weighted by Crippen LogP contribution is 2.29. The molecular formula is C18H20N6O3. The van der Waals surface area contributed by atoms with E-state index in [1.165, 1.54) is 11.0 Å². The standard InChI is InChI=1S/C18H20N6O3/c1-12(16-10-15(26-2)8-9-17(16)27-3)20-18(25)21-13-4-6-14(7-5-13)24-11-19-22-23-24/h4-12H,1-3H3,(H2,20,21,25)/t12-/m1/s1. The highest BCUT2D eigenvalue weighted by atomic mass is 16.5. The van der Waals surface area contributed by atoms with Crippen LogP contribution in [-0.4, -0.2) is 40.5 Å². The maximum atomic E-state index is 12.3. The average Bonchev–Trinajstić information content (AvgIpc) is 3.22. The Kier molecular flexibility index (Phi) is 5.50. The number of rotatable bonds is 6. The second kappa shape index (κ2) is 8.17. The summed E-state index contributed by atoms with van der Waals surface area (Å²) in [5.74, 6) is 1.37. The highest BCUT2D eigenvalue weighted by molar-refractivity contribution is 5.89. The first-order valence-corrected chi connectivity index (χ1v) is 8.23. The number of tetrazole rings is 1. The quantitative estimate of drug-likeness (QED) is 0.693. The molecule has 27 heavy (non-hydrogen) atoms. The Bertz CT molecular complexity index is 896. The van der Waals surface area contributed by atoms with Crippen LogP contribution in [-0.2, 0) is 0 Å². The molecule has 0 aliphatic rings. The fraction of sp³-hybridized carbons (Fsp3) is 0.222. The number of anilines is 1. The van der Waals surface area contributed by atoms with Gasteiger partial charge in [0, 0.05) is 11.3 Å². The highest BCUT2D eigenvalue weighted by Gasteiger charge is 2.15. The van der Waals surface area contributed by atoms with Crippen molar-refractivity contribution in [3.63, 3.8) is 0 Å². The second-order valence-corrected chi connectivity index (χ2v) is 5.73. The van der Waals surface area contributed by atoms with Crippen LogP contribution in [0.2, 0.25) is 0 Å². The van der Waals surface area contributed by atoms with E-state index in [2.05, 4.69) is 26.2 Å². The number of benzene rings is 2. The number of methoxy groups -OCH3 is 2. The predicted octanol–water partition coefficient (Wildman–Crippen LogP) is 2.56. The third-order valence-corrected chi connectivity index (χ3v) is 3.99. The van der Waals surface area contributed by atoms with Gasteiger partial charge in [0.1, 0.15) is 17.8 Å². The van der Waals surface area contributed by atoms with E-state index in [1.54, 1.807) is 44.6 Å². The SMILES string of the molecule is COc1ccc(OC)c([C@@H](C)NC(=O)Nc2ccc(-n3cnnn3)cc2)c1. The number of nitrogens with one attached hydrogen (secondary N) is 2. The number of aromatic nitrogens is 4. The molecule has 2 amide bonds. The van der Waals surface area contributed by atoms with Gasteiger partial charge < -0.3 is 20.1 Å². The van der Waals surface area contributed by atoms with Crippen LogP contribution in [0.25, 0.3) is 5.69 Å². The Hall–Kier alpha value is -3.62. The summed E-state index contributed by atoms with van der Waals surface area (Å²) in [6.45, 7) is 1.87. The molecule has 0 radical (unpaired) electrons.